The number of anilines is 1. The number of amides is 2. The lowest BCUT2D eigenvalue weighted by Crippen LogP contribution is -2.28. The van der Waals surface area contributed by atoms with E-state index >= 15 is 0 Å². The summed E-state index contributed by atoms with van der Waals surface area (Å²) in [4.78, 5) is 23.9. The molecule has 0 radical (unpaired) electrons. The maximum Gasteiger partial charge on any atom is 0.221 e. The summed E-state index contributed by atoms with van der Waals surface area (Å²) in [6.45, 7) is 0.310. The van der Waals surface area contributed by atoms with Gasteiger partial charge in [-0.3, -0.25) is 19.2 Å². The summed E-state index contributed by atoms with van der Waals surface area (Å²) in [6, 6.07) is 7.67. The van der Waals surface area contributed by atoms with Gasteiger partial charge in [0.15, 0.2) is 5.82 Å². The first-order valence-electron chi connectivity index (χ1n) is 6.01. The number of rotatable bonds is 5. The molecule has 0 aliphatic rings. The van der Waals surface area contributed by atoms with Crippen LogP contribution < -0.4 is 10.2 Å². The van der Waals surface area contributed by atoms with Gasteiger partial charge < -0.3 is 5.32 Å². The molecule has 100 valence electrons. The number of hydrogen-bond acceptors (Lipinski definition) is 3. The summed E-state index contributed by atoms with van der Waals surface area (Å²) in [5.41, 5.74) is 0.948. The van der Waals surface area contributed by atoms with Crippen molar-refractivity contribution in [1.29, 1.82) is 0 Å². The minimum atomic E-state index is -0.105. The summed E-state index contributed by atoms with van der Waals surface area (Å²) >= 11 is 0. The number of para-hydroxylation sites is 1. The maximum atomic E-state index is 11.3. The minimum absolute atomic E-state index is 0.105. The number of carbonyl (C=O) groups excluding carboxylic acids is 2. The van der Waals surface area contributed by atoms with Gasteiger partial charge in [0.25, 0.3) is 0 Å². The predicted molar refractivity (Wildman–Crippen MR) is 72.8 cm³/mol. The van der Waals surface area contributed by atoms with Crippen LogP contribution in [0.2, 0.25) is 0 Å². The van der Waals surface area contributed by atoms with Gasteiger partial charge in [0, 0.05) is 32.4 Å². The van der Waals surface area contributed by atoms with Gasteiger partial charge in [-0.1, -0.05) is 12.1 Å². The summed E-state index contributed by atoms with van der Waals surface area (Å²) in [5, 5.41) is 7.77. The van der Waals surface area contributed by atoms with Crippen molar-refractivity contribution in [3.63, 3.8) is 0 Å². The molecule has 0 spiro atoms. The Labute approximate surface area is 111 Å². The Kier molecular flexibility index (Phi) is 3.79. The van der Waals surface area contributed by atoms with Crippen LogP contribution in [-0.2, 0) is 16.6 Å². The van der Waals surface area contributed by atoms with Crippen molar-refractivity contribution in [2.75, 3.05) is 18.5 Å². The van der Waals surface area contributed by atoms with E-state index in [1.165, 1.54) is 4.90 Å². The highest BCUT2D eigenvalue weighted by Gasteiger charge is 2.15. The summed E-state index contributed by atoms with van der Waals surface area (Å²) in [5.74, 6) is 0.476. The molecule has 2 rings (SSSR count). The van der Waals surface area contributed by atoms with E-state index in [0.717, 1.165) is 10.9 Å². The molecule has 6 heteroatoms. The lowest BCUT2D eigenvalue weighted by molar-refractivity contribution is -0.120. The molecule has 0 unspecified atom stereocenters. The van der Waals surface area contributed by atoms with E-state index in [-0.39, 0.29) is 12.3 Å². The quantitative estimate of drug-likeness (QED) is 0.804. The first kappa shape index (κ1) is 13.1. The molecule has 0 atom stereocenters. The molecular weight excluding hydrogens is 244 g/mol. The van der Waals surface area contributed by atoms with E-state index in [1.54, 1.807) is 11.7 Å². The molecule has 0 fully saturated rings. The highest BCUT2D eigenvalue weighted by atomic mass is 16.2. The SMILES string of the molecule is CNC(=O)CCN(C=O)c1nn(C)c2ccccc12. The molecular formula is C13H16N4O2. The molecule has 1 N–H and O–H groups in total. The average Bonchev–Trinajstić information content (AvgIpc) is 2.77. The number of carbonyl (C=O) groups is 2. The number of nitrogens with zero attached hydrogens (tertiary/aromatic N) is 3. The molecule has 1 heterocycles. The molecule has 1 aromatic heterocycles. The fourth-order valence-corrected chi connectivity index (χ4v) is 1.96. The van der Waals surface area contributed by atoms with Crippen molar-refractivity contribution in [3.05, 3.63) is 24.3 Å². The highest BCUT2D eigenvalue weighted by Crippen LogP contribution is 2.24. The zero-order valence-corrected chi connectivity index (χ0v) is 11.0. The van der Waals surface area contributed by atoms with Gasteiger partial charge in [0.2, 0.25) is 12.3 Å². The third-order valence-corrected chi connectivity index (χ3v) is 3.00. The molecule has 2 aromatic rings. The van der Waals surface area contributed by atoms with Gasteiger partial charge >= 0.3 is 0 Å². The van der Waals surface area contributed by atoms with Gasteiger partial charge in [-0.15, -0.1) is 0 Å². The first-order valence-corrected chi connectivity index (χ1v) is 6.01. The zero-order valence-electron chi connectivity index (χ0n) is 11.0. The van der Waals surface area contributed by atoms with Crippen LogP contribution in [0.25, 0.3) is 10.9 Å². The Morgan fingerprint density at radius 1 is 1.47 bits per heavy atom. The first-order chi connectivity index (χ1) is 9.17. The van der Waals surface area contributed by atoms with Crippen LogP contribution in [0.5, 0.6) is 0 Å². The van der Waals surface area contributed by atoms with Crippen LogP contribution in [0, 0.1) is 0 Å². The van der Waals surface area contributed by atoms with Crippen molar-refractivity contribution in [2.45, 2.75) is 6.42 Å². The third-order valence-electron chi connectivity index (χ3n) is 3.00. The Morgan fingerprint density at radius 2 is 2.21 bits per heavy atom. The Balaban J connectivity index is 2.30. The molecule has 0 saturated carbocycles. The molecule has 2 amide bonds. The lowest BCUT2D eigenvalue weighted by atomic mass is 10.2. The van der Waals surface area contributed by atoms with E-state index in [1.807, 2.05) is 31.3 Å². The standard InChI is InChI=1S/C13H16N4O2/c1-14-12(19)7-8-17(9-18)13-10-5-3-4-6-11(10)16(2)15-13/h3-6,9H,7-8H2,1-2H3,(H,14,19). The topological polar surface area (TPSA) is 67.2 Å². The van der Waals surface area contributed by atoms with Crippen LogP contribution in [0.4, 0.5) is 5.82 Å². The zero-order chi connectivity index (χ0) is 13.8. The Bertz CT molecular complexity index is 606. The predicted octanol–water partition coefficient (Wildman–Crippen LogP) is 0.672. The summed E-state index contributed by atoms with van der Waals surface area (Å²) < 4.78 is 1.72. The van der Waals surface area contributed by atoms with E-state index in [2.05, 4.69) is 10.4 Å². The van der Waals surface area contributed by atoms with Gasteiger partial charge in [-0.05, 0) is 12.1 Å². The second kappa shape index (κ2) is 5.51. The Hall–Kier alpha value is -2.37. The third kappa shape index (κ3) is 2.57. The largest absolute Gasteiger partial charge is 0.359 e. The van der Waals surface area contributed by atoms with Crippen molar-refractivity contribution >= 4 is 29.0 Å². The minimum Gasteiger partial charge on any atom is -0.359 e. The van der Waals surface area contributed by atoms with E-state index in [9.17, 15) is 9.59 Å². The van der Waals surface area contributed by atoms with E-state index in [0.29, 0.717) is 18.8 Å². The maximum absolute atomic E-state index is 11.3. The van der Waals surface area contributed by atoms with Crippen LogP contribution >= 0.6 is 0 Å². The smallest absolute Gasteiger partial charge is 0.221 e. The number of nitrogens with one attached hydrogen (secondary N) is 1. The number of fused-ring (bicyclic) bond motifs is 1. The molecule has 0 aliphatic heterocycles. The van der Waals surface area contributed by atoms with Gasteiger partial charge in [-0.2, -0.15) is 5.10 Å². The molecule has 0 saturated heterocycles. The second-order valence-corrected chi connectivity index (χ2v) is 4.19. The number of aryl methyl sites for hydroxylation is 1. The number of benzene rings is 1. The van der Waals surface area contributed by atoms with Crippen molar-refractivity contribution in [3.8, 4) is 0 Å². The van der Waals surface area contributed by atoms with Crippen LogP contribution in [0.15, 0.2) is 24.3 Å². The molecule has 19 heavy (non-hydrogen) atoms. The van der Waals surface area contributed by atoms with Crippen molar-refractivity contribution in [1.82, 2.24) is 15.1 Å². The van der Waals surface area contributed by atoms with E-state index in [4.69, 9.17) is 0 Å². The van der Waals surface area contributed by atoms with Crippen molar-refractivity contribution in [2.24, 2.45) is 7.05 Å². The lowest BCUT2D eigenvalue weighted by Gasteiger charge is -2.14. The van der Waals surface area contributed by atoms with E-state index < -0.39 is 0 Å². The fourth-order valence-electron chi connectivity index (χ4n) is 1.96. The Morgan fingerprint density at radius 3 is 2.89 bits per heavy atom. The highest BCUT2D eigenvalue weighted by molar-refractivity contribution is 5.95. The number of aromatic nitrogens is 2. The summed E-state index contributed by atoms with van der Waals surface area (Å²) in [6.07, 6.45) is 0.956. The van der Waals surface area contributed by atoms with Gasteiger partial charge in [-0.25, -0.2) is 0 Å². The number of hydrogen-bond donors (Lipinski definition) is 1. The normalized spacial score (nSPS) is 10.4. The molecule has 1 aromatic carbocycles. The average molecular weight is 260 g/mol. The van der Waals surface area contributed by atoms with Gasteiger partial charge in [0.1, 0.15) is 0 Å². The van der Waals surface area contributed by atoms with Crippen LogP contribution in [0.1, 0.15) is 6.42 Å². The summed E-state index contributed by atoms with van der Waals surface area (Å²) in [7, 11) is 3.40. The second-order valence-electron chi connectivity index (χ2n) is 4.19. The monoisotopic (exact) mass is 260 g/mol. The van der Waals surface area contributed by atoms with Crippen LogP contribution in [0.3, 0.4) is 0 Å². The van der Waals surface area contributed by atoms with Crippen molar-refractivity contribution < 1.29 is 9.59 Å². The van der Waals surface area contributed by atoms with Gasteiger partial charge in [0.05, 0.1) is 5.52 Å². The molecule has 0 bridgehead atoms. The molecule has 0 aliphatic carbocycles. The van der Waals surface area contributed by atoms with Crippen LogP contribution in [-0.4, -0.2) is 35.7 Å². The molecule has 6 nitrogen and oxygen atoms in total. The fraction of sp³-hybridized carbons (Fsp3) is 0.308.